The maximum Gasteiger partial charge on any atom is 0.418 e. The van der Waals surface area contributed by atoms with Gasteiger partial charge in [-0.1, -0.05) is 48.5 Å². The molecular weight excluding hydrogens is 264 g/mol. The third-order valence-corrected chi connectivity index (χ3v) is 3.23. The molecule has 0 spiro atoms. The van der Waals surface area contributed by atoms with E-state index in [2.05, 4.69) is 6.07 Å². The number of benzene rings is 2. The lowest BCUT2D eigenvalue weighted by molar-refractivity contribution is 0.142. The van der Waals surface area contributed by atoms with E-state index in [1.807, 2.05) is 48.5 Å². The fourth-order valence-corrected chi connectivity index (χ4v) is 2.21. The van der Waals surface area contributed by atoms with Gasteiger partial charge in [0.15, 0.2) is 0 Å². The third-order valence-electron chi connectivity index (χ3n) is 3.23. The molecule has 4 nitrogen and oxygen atoms in total. The smallest absolute Gasteiger partial charge is 0.418 e. The molecule has 0 aliphatic rings. The zero-order valence-corrected chi connectivity index (χ0v) is 11.2. The number of para-hydroxylation sites is 1. The van der Waals surface area contributed by atoms with E-state index >= 15 is 0 Å². The summed E-state index contributed by atoms with van der Waals surface area (Å²) in [5, 5.41) is 9.87. The van der Waals surface area contributed by atoms with Crippen molar-refractivity contribution in [3.05, 3.63) is 71.9 Å². The molecule has 0 fully saturated rings. The quantitative estimate of drug-likeness (QED) is 0.717. The molecule has 21 heavy (non-hydrogen) atoms. The van der Waals surface area contributed by atoms with Gasteiger partial charge in [0.25, 0.3) is 0 Å². The summed E-state index contributed by atoms with van der Waals surface area (Å²) in [4.78, 5) is 12.2. The summed E-state index contributed by atoms with van der Waals surface area (Å²) in [6, 6.07) is 18.8. The lowest BCUT2D eigenvalue weighted by Crippen LogP contribution is -2.12. The molecule has 1 heterocycles. The fraction of sp³-hybridized carbons (Fsp3) is 0.0588. The Balaban J connectivity index is 1.87. The zero-order chi connectivity index (χ0) is 14.7. The van der Waals surface area contributed by atoms with E-state index < -0.39 is 6.09 Å². The minimum Gasteiger partial charge on any atom is -0.444 e. The van der Waals surface area contributed by atoms with Gasteiger partial charge in [0.2, 0.25) is 0 Å². The number of rotatable bonds is 2. The summed E-state index contributed by atoms with van der Waals surface area (Å²) in [7, 11) is 0. The van der Waals surface area contributed by atoms with Gasteiger partial charge in [-0.05, 0) is 11.6 Å². The summed E-state index contributed by atoms with van der Waals surface area (Å²) >= 11 is 0. The molecule has 3 rings (SSSR count). The van der Waals surface area contributed by atoms with Gasteiger partial charge in [-0.3, -0.25) is 4.57 Å². The molecule has 0 saturated heterocycles. The number of hydrogen-bond acceptors (Lipinski definition) is 3. The lowest BCUT2D eigenvalue weighted by atomic mass is 10.2. The Morgan fingerprint density at radius 1 is 1.10 bits per heavy atom. The minimum atomic E-state index is -0.489. The average molecular weight is 276 g/mol. The van der Waals surface area contributed by atoms with Crippen molar-refractivity contribution in [3.8, 4) is 6.07 Å². The maximum atomic E-state index is 12.2. The molecule has 0 aliphatic carbocycles. The number of ether oxygens (including phenoxy) is 1. The first kappa shape index (κ1) is 12.9. The number of carbonyl (C=O) groups excluding carboxylic acids is 1. The number of nitrogens with zero attached hydrogens (tertiary/aromatic N) is 2. The maximum absolute atomic E-state index is 12.2. The Morgan fingerprint density at radius 2 is 1.81 bits per heavy atom. The van der Waals surface area contributed by atoms with E-state index in [1.54, 1.807) is 6.07 Å². The van der Waals surface area contributed by atoms with Crippen molar-refractivity contribution in [2.24, 2.45) is 0 Å². The van der Waals surface area contributed by atoms with Crippen LogP contribution in [-0.2, 0) is 11.3 Å². The second-order valence-corrected chi connectivity index (χ2v) is 4.58. The third kappa shape index (κ3) is 2.49. The Hall–Kier alpha value is -3.06. The van der Waals surface area contributed by atoms with E-state index in [1.165, 1.54) is 10.8 Å². The molecule has 4 heteroatoms. The number of fused-ring (bicyclic) bond motifs is 1. The molecule has 3 aromatic rings. The van der Waals surface area contributed by atoms with E-state index in [9.17, 15) is 4.79 Å². The van der Waals surface area contributed by atoms with E-state index in [-0.39, 0.29) is 6.61 Å². The van der Waals surface area contributed by atoms with Crippen molar-refractivity contribution >= 4 is 17.0 Å². The Labute approximate surface area is 121 Å². The van der Waals surface area contributed by atoms with Crippen LogP contribution in [0.1, 0.15) is 11.1 Å². The van der Waals surface area contributed by atoms with Crippen LogP contribution in [0.2, 0.25) is 0 Å². The molecular formula is C17H12N2O2. The predicted molar refractivity (Wildman–Crippen MR) is 78.7 cm³/mol. The lowest BCUT2D eigenvalue weighted by Gasteiger charge is -2.06. The summed E-state index contributed by atoms with van der Waals surface area (Å²) in [6.07, 6.45) is 1.02. The van der Waals surface area contributed by atoms with Crippen LogP contribution in [0.15, 0.2) is 60.8 Å². The Morgan fingerprint density at radius 3 is 2.57 bits per heavy atom. The molecule has 0 unspecified atom stereocenters. The predicted octanol–water partition coefficient (Wildman–Crippen LogP) is 3.70. The summed E-state index contributed by atoms with van der Waals surface area (Å²) in [6.45, 7) is 0.202. The molecule has 1 aromatic heterocycles. The van der Waals surface area contributed by atoms with Crippen molar-refractivity contribution in [3.63, 3.8) is 0 Å². The van der Waals surface area contributed by atoms with Gasteiger partial charge in [-0.25, -0.2) is 4.79 Å². The van der Waals surface area contributed by atoms with Gasteiger partial charge in [-0.2, -0.15) is 5.26 Å². The molecule has 0 bridgehead atoms. The SMILES string of the molecule is N#Cc1cn(C(=O)OCc2ccccc2)c2ccccc12. The second-order valence-electron chi connectivity index (χ2n) is 4.58. The van der Waals surface area contributed by atoms with Crippen molar-refractivity contribution in [2.45, 2.75) is 6.61 Å². The molecule has 102 valence electrons. The van der Waals surface area contributed by atoms with Gasteiger partial charge < -0.3 is 4.74 Å². The molecule has 0 atom stereocenters. The number of nitriles is 1. The molecule has 0 N–H and O–H groups in total. The molecule has 2 aromatic carbocycles. The first-order chi connectivity index (χ1) is 10.3. The van der Waals surface area contributed by atoms with Gasteiger partial charge in [0, 0.05) is 11.6 Å². The van der Waals surface area contributed by atoms with Crippen LogP contribution in [0.3, 0.4) is 0 Å². The van der Waals surface area contributed by atoms with Crippen LogP contribution in [0.5, 0.6) is 0 Å². The van der Waals surface area contributed by atoms with Gasteiger partial charge in [0.1, 0.15) is 12.7 Å². The molecule has 0 amide bonds. The molecule has 0 aliphatic heterocycles. The van der Waals surface area contributed by atoms with Crippen molar-refractivity contribution < 1.29 is 9.53 Å². The fourth-order valence-electron chi connectivity index (χ4n) is 2.21. The second kappa shape index (κ2) is 5.51. The number of hydrogen-bond donors (Lipinski definition) is 0. The standard InChI is InChI=1S/C17H12N2O2/c18-10-14-11-19(16-9-5-4-8-15(14)16)17(20)21-12-13-6-2-1-3-7-13/h1-9,11H,12H2. The van der Waals surface area contributed by atoms with Gasteiger partial charge in [0.05, 0.1) is 11.1 Å². The highest BCUT2D eigenvalue weighted by Gasteiger charge is 2.14. The zero-order valence-electron chi connectivity index (χ0n) is 11.2. The number of carbonyl (C=O) groups is 1. The van der Waals surface area contributed by atoms with E-state index in [4.69, 9.17) is 10.00 Å². The largest absolute Gasteiger partial charge is 0.444 e. The van der Waals surface area contributed by atoms with Crippen molar-refractivity contribution in [1.82, 2.24) is 4.57 Å². The van der Waals surface area contributed by atoms with Crippen LogP contribution in [0.4, 0.5) is 4.79 Å². The summed E-state index contributed by atoms with van der Waals surface area (Å²) in [5.74, 6) is 0. The Kier molecular flexibility index (Phi) is 3.40. The highest BCUT2D eigenvalue weighted by Crippen LogP contribution is 2.20. The highest BCUT2D eigenvalue weighted by atomic mass is 16.5. The normalized spacial score (nSPS) is 10.2. The Bertz CT molecular complexity index is 829. The molecule has 0 radical (unpaired) electrons. The molecule has 0 saturated carbocycles. The van der Waals surface area contributed by atoms with Crippen LogP contribution in [-0.4, -0.2) is 10.7 Å². The monoisotopic (exact) mass is 276 g/mol. The highest BCUT2D eigenvalue weighted by molar-refractivity contribution is 5.93. The van der Waals surface area contributed by atoms with Crippen LogP contribution in [0, 0.1) is 11.3 Å². The van der Waals surface area contributed by atoms with E-state index in [0.717, 1.165) is 10.9 Å². The topological polar surface area (TPSA) is 55.0 Å². The van der Waals surface area contributed by atoms with Crippen LogP contribution < -0.4 is 0 Å². The average Bonchev–Trinajstić information content (AvgIpc) is 2.92. The van der Waals surface area contributed by atoms with Crippen molar-refractivity contribution in [2.75, 3.05) is 0 Å². The van der Waals surface area contributed by atoms with Crippen LogP contribution >= 0.6 is 0 Å². The summed E-state index contributed by atoms with van der Waals surface area (Å²) in [5.41, 5.74) is 2.05. The first-order valence-corrected chi connectivity index (χ1v) is 6.51. The first-order valence-electron chi connectivity index (χ1n) is 6.51. The van der Waals surface area contributed by atoms with Crippen molar-refractivity contribution in [1.29, 1.82) is 5.26 Å². The number of aromatic nitrogens is 1. The van der Waals surface area contributed by atoms with Gasteiger partial charge >= 0.3 is 6.09 Å². The summed E-state index contributed by atoms with van der Waals surface area (Å²) < 4.78 is 6.67. The van der Waals surface area contributed by atoms with E-state index in [0.29, 0.717) is 11.1 Å². The van der Waals surface area contributed by atoms with Crippen LogP contribution in [0.25, 0.3) is 10.9 Å². The van der Waals surface area contributed by atoms with Gasteiger partial charge in [-0.15, -0.1) is 0 Å². The minimum absolute atomic E-state index is 0.202.